The largest absolute Gasteiger partial charge is 0.364 e. The minimum absolute atomic E-state index is 0.152. The number of carbonyl (C=O) groups excluding carboxylic acids is 1. The number of carbonyl (C=O) groups is 1. The van der Waals surface area contributed by atoms with Gasteiger partial charge in [-0.3, -0.25) is 9.69 Å². The Morgan fingerprint density at radius 2 is 2.41 bits per heavy atom. The van der Waals surface area contributed by atoms with Crippen molar-refractivity contribution in [2.45, 2.75) is 18.9 Å². The summed E-state index contributed by atoms with van der Waals surface area (Å²) in [7, 11) is 0. The van der Waals surface area contributed by atoms with Gasteiger partial charge in [0.05, 0.1) is 0 Å². The quantitative estimate of drug-likeness (QED) is 0.793. The van der Waals surface area contributed by atoms with E-state index >= 15 is 0 Å². The summed E-state index contributed by atoms with van der Waals surface area (Å²) in [6.07, 6.45) is 5.25. The fourth-order valence-corrected chi connectivity index (χ4v) is 2.03. The molecule has 1 aromatic heterocycles. The average Bonchev–Trinajstić information content (AvgIpc) is 2.86. The van der Waals surface area contributed by atoms with Gasteiger partial charge in [-0.2, -0.15) is 0 Å². The number of hydrogen-bond donors (Lipinski definition) is 1. The van der Waals surface area contributed by atoms with Crippen LogP contribution in [0, 0.1) is 0 Å². The molecular formula is C12H17N3O2. The highest BCUT2D eigenvalue weighted by Crippen LogP contribution is 2.10. The number of likely N-dealkylation sites (tertiary alicyclic amines) is 1. The van der Waals surface area contributed by atoms with Crippen LogP contribution in [0.4, 0.5) is 0 Å². The molecule has 0 saturated carbocycles. The zero-order valence-corrected chi connectivity index (χ0v) is 9.76. The number of amides is 1. The van der Waals surface area contributed by atoms with Crippen LogP contribution in [0.3, 0.4) is 0 Å². The lowest BCUT2D eigenvalue weighted by Crippen LogP contribution is -2.44. The predicted molar refractivity (Wildman–Crippen MR) is 63.6 cm³/mol. The molecule has 1 aromatic rings. The first-order valence-electron chi connectivity index (χ1n) is 5.84. The molecule has 0 radical (unpaired) electrons. The third-order valence-electron chi connectivity index (χ3n) is 2.98. The lowest BCUT2D eigenvalue weighted by atomic mass is 10.0. The molecule has 1 amide bonds. The minimum atomic E-state index is -0.152. The van der Waals surface area contributed by atoms with Crippen LogP contribution >= 0.6 is 0 Å². The Labute approximate surface area is 100 Å². The summed E-state index contributed by atoms with van der Waals surface area (Å²) >= 11 is 0. The van der Waals surface area contributed by atoms with Gasteiger partial charge < -0.3 is 9.84 Å². The molecule has 1 saturated heterocycles. The Balaban J connectivity index is 1.78. The number of nitrogens with one attached hydrogen (secondary N) is 1. The summed E-state index contributed by atoms with van der Waals surface area (Å²) in [5.41, 5.74) is 0.346. The Morgan fingerprint density at radius 1 is 1.65 bits per heavy atom. The summed E-state index contributed by atoms with van der Waals surface area (Å²) in [4.78, 5) is 14.0. The topological polar surface area (TPSA) is 58.4 Å². The highest BCUT2D eigenvalue weighted by Gasteiger charge is 2.21. The van der Waals surface area contributed by atoms with Crippen LogP contribution in [-0.4, -0.2) is 41.6 Å². The summed E-state index contributed by atoms with van der Waals surface area (Å²) in [5.74, 6) is -0.152. The van der Waals surface area contributed by atoms with Crippen molar-refractivity contribution >= 4 is 5.91 Å². The van der Waals surface area contributed by atoms with Crippen molar-refractivity contribution < 1.29 is 9.32 Å². The summed E-state index contributed by atoms with van der Waals surface area (Å²) in [6.45, 7) is 6.64. The second kappa shape index (κ2) is 5.63. The van der Waals surface area contributed by atoms with Crippen molar-refractivity contribution in [2.75, 3.05) is 19.6 Å². The third-order valence-corrected chi connectivity index (χ3v) is 2.98. The van der Waals surface area contributed by atoms with E-state index in [-0.39, 0.29) is 11.9 Å². The molecule has 0 aliphatic carbocycles. The molecule has 0 bridgehead atoms. The van der Waals surface area contributed by atoms with Crippen LogP contribution < -0.4 is 5.32 Å². The molecule has 5 heteroatoms. The highest BCUT2D eigenvalue weighted by molar-refractivity contribution is 5.92. The third kappa shape index (κ3) is 3.17. The van der Waals surface area contributed by atoms with Crippen molar-refractivity contribution in [1.29, 1.82) is 0 Å². The normalized spacial score (nSPS) is 17.9. The standard InChI is InChI=1S/C12H17N3O2/c1-2-6-15-7-3-10(4-8-15)13-12(16)11-5-9-17-14-11/h2,5,9-10H,1,3-4,6-8H2,(H,13,16). The van der Waals surface area contributed by atoms with E-state index in [1.165, 1.54) is 6.26 Å². The van der Waals surface area contributed by atoms with Gasteiger partial charge in [0, 0.05) is 31.7 Å². The van der Waals surface area contributed by atoms with Crippen molar-refractivity contribution in [3.8, 4) is 0 Å². The molecule has 1 fully saturated rings. The van der Waals surface area contributed by atoms with E-state index < -0.39 is 0 Å². The van der Waals surface area contributed by atoms with Gasteiger partial charge in [-0.05, 0) is 12.8 Å². The van der Waals surface area contributed by atoms with Crippen molar-refractivity contribution in [3.63, 3.8) is 0 Å². The van der Waals surface area contributed by atoms with Gasteiger partial charge in [-0.25, -0.2) is 0 Å². The molecule has 2 rings (SSSR count). The number of nitrogens with zero attached hydrogens (tertiary/aromatic N) is 2. The van der Waals surface area contributed by atoms with E-state index in [1.54, 1.807) is 6.07 Å². The molecule has 0 atom stereocenters. The van der Waals surface area contributed by atoms with Crippen molar-refractivity contribution in [1.82, 2.24) is 15.4 Å². The first-order valence-corrected chi connectivity index (χ1v) is 5.84. The summed E-state index contributed by atoms with van der Waals surface area (Å²) in [6, 6.07) is 1.81. The molecule has 1 aliphatic rings. The van der Waals surface area contributed by atoms with Gasteiger partial charge in [0.15, 0.2) is 5.69 Å². The monoisotopic (exact) mass is 235 g/mol. The molecule has 5 nitrogen and oxygen atoms in total. The van der Waals surface area contributed by atoms with E-state index in [4.69, 9.17) is 0 Å². The molecule has 0 aromatic carbocycles. The number of aromatic nitrogens is 1. The van der Waals surface area contributed by atoms with Gasteiger partial charge >= 0.3 is 0 Å². The van der Waals surface area contributed by atoms with Crippen molar-refractivity contribution in [2.24, 2.45) is 0 Å². The van der Waals surface area contributed by atoms with Crippen LogP contribution in [0.15, 0.2) is 29.5 Å². The lowest BCUT2D eigenvalue weighted by Gasteiger charge is -2.31. The zero-order chi connectivity index (χ0) is 12.1. The molecular weight excluding hydrogens is 218 g/mol. The predicted octanol–water partition coefficient (Wildman–Crippen LogP) is 1.05. The Hall–Kier alpha value is -1.62. The fraction of sp³-hybridized carbons (Fsp3) is 0.500. The maximum atomic E-state index is 11.7. The first-order chi connectivity index (χ1) is 8.29. The zero-order valence-electron chi connectivity index (χ0n) is 9.76. The van der Waals surface area contributed by atoms with E-state index in [0.29, 0.717) is 5.69 Å². The smallest absolute Gasteiger partial charge is 0.273 e. The summed E-state index contributed by atoms with van der Waals surface area (Å²) in [5, 5.41) is 6.59. The molecule has 0 spiro atoms. The van der Waals surface area contributed by atoms with Gasteiger partial charge in [-0.1, -0.05) is 11.2 Å². The maximum absolute atomic E-state index is 11.7. The number of hydrogen-bond acceptors (Lipinski definition) is 4. The molecule has 0 unspecified atom stereocenters. The number of rotatable bonds is 4. The molecule has 1 aliphatic heterocycles. The van der Waals surface area contributed by atoms with E-state index in [2.05, 4.69) is 26.5 Å². The van der Waals surface area contributed by atoms with Crippen LogP contribution in [0.2, 0.25) is 0 Å². The maximum Gasteiger partial charge on any atom is 0.273 e. The van der Waals surface area contributed by atoms with Crippen LogP contribution in [0.5, 0.6) is 0 Å². The number of piperidine rings is 1. The van der Waals surface area contributed by atoms with Gasteiger partial charge in [0.1, 0.15) is 6.26 Å². The van der Waals surface area contributed by atoms with E-state index in [0.717, 1.165) is 32.5 Å². The van der Waals surface area contributed by atoms with Crippen LogP contribution in [0.25, 0.3) is 0 Å². The summed E-state index contributed by atoms with van der Waals surface area (Å²) < 4.78 is 4.64. The van der Waals surface area contributed by atoms with Gasteiger partial charge in [-0.15, -0.1) is 6.58 Å². The fourth-order valence-electron chi connectivity index (χ4n) is 2.03. The highest BCUT2D eigenvalue weighted by atomic mass is 16.5. The Bertz CT molecular complexity index is 367. The SMILES string of the molecule is C=CCN1CCC(NC(=O)c2ccon2)CC1. The van der Waals surface area contributed by atoms with Gasteiger partial charge in [0.25, 0.3) is 5.91 Å². The van der Waals surface area contributed by atoms with Crippen LogP contribution in [0.1, 0.15) is 23.3 Å². The molecule has 2 heterocycles. The Kier molecular flexibility index (Phi) is 3.93. The van der Waals surface area contributed by atoms with Gasteiger partial charge in [0.2, 0.25) is 0 Å². The van der Waals surface area contributed by atoms with Crippen LogP contribution in [-0.2, 0) is 0 Å². The second-order valence-electron chi connectivity index (χ2n) is 4.22. The molecule has 17 heavy (non-hydrogen) atoms. The van der Waals surface area contributed by atoms with E-state index in [9.17, 15) is 4.79 Å². The Morgan fingerprint density at radius 3 is 3.00 bits per heavy atom. The lowest BCUT2D eigenvalue weighted by molar-refractivity contribution is 0.0905. The molecule has 92 valence electrons. The van der Waals surface area contributed by atoms with E-state index in [1.807, 2.05) is 6.08 Å². The first kappa shape index (κ1) is 11.9. The average molecular weight is 235 g/mol. The van der Waals surface area contributed by atoms with Crippen molar-refractivity contribution in [3.05, 3.63) is 30.7 Å². The molecule has 1 N–H and O–H groups in total. The minimum Gasteiger partial charge on any atom is -0.364 e. The second-order valence-corrected chi connectivity index (χ2v) is 4.22.